The quantitative estimate of drug-likeness (QED) is 0.416. The van der Waals surface area contributed by atoms with Gasteiger partial charge in [0.15, 0.2) is 0 Å². The molecule has 0 radical (unpaired) electrons. The first kappa shape index (κ1) is 27.3. The van der Waals surface area contributed by atoms with E-state index in [2.05, 4.69) is 33.9 Å². The summed E-state index contributed by atoms with van der Waals surface area (Å²) in [6.07, 6.45) is 0.515. The molecule has 35 heavy (non-hydrogen) atoms. The van der Waals surface area contributed by atoms with Gasteiger partial charge in [0.25, 0.3) is 0 Å². The minimum absolute atomic E-state index is 0.0583. The molecule has 1 saturated heterocycles. The number of carbonyl (C=O) groups is 1. The Morgan fingerprint density at radius 1 is 0.914 bits per heavy atom. The summed E-state index contributed by atoms with van der Waals surface area (Å²) in [5.74, 6) is 0.854. The Labute approximate surface area is 211 Å². The standard InChI is InChI=1S/C27H39NO5SSi/c1-26(2,3)32-25(29)28-18-17-21(19-28)20-9-13-23(14-10-20)34(30,31)24-15-11-22(12-16-24)33-35(7,8)27(4,5)6/h9-16,21H,17-19H2,1-8H3/t21-/m1/s1. The van der Waals surface area contributed by atoms with Crippen molar-refractivity contribution in [3.8, 4) is 5.75 Å². The van der Waals surface area contributed by atoms with E-state index in [9.17, 15) is 13.2 Å². The Balaban J connectivity index is 1.69. The second kappa shape index (κ2) is 9.62. The molecule has 192 valence electrons. The van der Waals surface area contributed by atoms with Gasteiger partial charge in [-0.1, -0.05) is 32.9 Å². The number of benzene rings is 2. The van der Waals surface area contributed by atoms with Crippen LogP contribution in [0, 0.1) is 0 Å². The second-order valence-corrected chi connectivity index (χ2v) is 18.5. The molecule has 2 aromatic rings. The molecule has 1 aliphatic heterocycles. The van der Waals surface area contributed by atoms with Gasteiger partial charge in [-0.25, -0.2) is 13.2 Å². The predicted octanol–water partition coefficient (Wildman–Crippen LogP) is 6.63. The van der Waals surface area contributed by atoms with Gasteiger partial charge in [-0.15, -0.1) is 0 Å². The third-order valence-corrected chi connectivity index (χ3v) is 13.0. The fraction of sp³-hybridized carbons (Fsp3) is 0.519. The number of sulfone groups is 1. The maximum Gasteiger partial charge on any atom is 0.410 e. The van der Waals surface area contributed by atoms with Gasteiger partial charge in [-0.05, 0) is 87.3 Å². The number of hydrogen-bond acceptors (Lipinski definition) is 5. The third kappa shape index (κ3) is 6.47. The molecule has 0 aromatic heterocycles. The molecule has 1 amide bonds. The molecule has 3 rings (SSSR count). The van der Waals surface area contributed by atoms with Crippen LogP contribution in [0.15, 0.2) is 58.3 Å². The fourth-order valence-electron chi connectivity index (χ4n) is 3.71. The molecule has 1 aliphatic rings. The summed E-state index contributed by atoms with van der Waals surface area (Å²) in [4.78, 5) is 14.6. The Bertz CT molecular complexity index is 1140. The molecule has 8 heteroatoms. The molecule has 1 fully saturated rings. The summed E-state index contributed by atoms with van der Waals surface area (Å²) in [6, 6.07) is 13.7. The molecular formula is C27H39NO5SSi. The Hall–Kier alpha value is -2.32. The molecular weight excluding hydrogens is 478 g/mol. The summed E-state index contributed by atoms with van der Waals surface area (Å²) in [7, 11) is -5.64. The zero-order valence-corrected chi connectivity index (χ0v) is 24.0. The first-order valence-electron chi connectivity index (χ1n) is 12.1. The largest absolute Gasteiger partial charge is 0.544 e. The first-order chi connectivity index (χ1) is 16.0. The van der Waals surface area contributed by atoms with Crippen molar-refractivity contribution in [2.45, 2.75) is 87.4 Å². The summed E-state index contributed by atoms with van der Waals surface area (Å²) < 4.78 is 38.1. The van der Waals surface area contributed by atoms with Crippen LogP contribution in [0.5, 0.6) is 5.75 Å². The lowest BCUT2D eigenvalue weighted by Gasteiger charge is -2.36. The summed E-state index contributed by atoms with van der Waals surface area (Å²) in [6.45, 7) is 17.6. The average molecular weight is 518 g/mol. The lowest BCUT2D eigenvalue weighted by atomic mass is 9.99. The van der Waals surface area contributed by atoms with Gasteiger partial charge in [0.1, 0.15) is 11.4 Å². The fourth-order valence-corrected chi connectivity index (χ4v) is 6.01. The SMILES string of the molecule is CC(C)(C)OC(=O)N1CC[C@@H](c2ccc(S(=O)(=O)c3ccc(O[Si](C)(C)C(C)(C)C)cc3)cc2)C1. The molecule has 0 unspecified atom stereocenters. The highest BCUT2D eigenvalue weighted by molar-refractivity contribution is 7.91. The minimum atomic E-state index is -3.64. The highest BCUT2D eigenvalue weighted by atomic mass is 32.2. The van der Waals surface area contributed by atoms with E-state index in [0.29, 0.717) is 18.8 Å². The number of likely N-dealkylation sites (tertiary alicyclic amines) is 1. The van der Waals surface area contributed by atoms with Crippen LogP contribution in [0.3, 0.4) is 0 Å². The van der Waals surface area contributed by atoms with Crippen LogP contribution in [0.25, 0.3) is 0 Å². The Kier molecular flexibility index (Phi) is 7.49. The van der Waals surface area contributed by atoms with E-state index in [0.717, 1.165) is 12.0 Å². The van der Waals surface area contributed by atoms with Crippen molar-refractivity contribution in [2.24, 2.45) is 0 Å². The molecule has 1 atom stereocenters. The van der Waals surface area contributed by atoms with Crippen molar-refractivity contribution in [2.75, 3.05) is 13.1 Å². The van der Waals surface area contributed by atoms with Crippen molar-refractivity contribution >= 4 is 24.2 Å². The van der Waals surface area contributed by atoms with Crippen molar-refractivity contribution in [1.82, 2.24) is 4.90 Å². The minimum Gasteiger partial charge on any atom is -0.544 e. The zero-order chi connectivity index (χ0) is 26.2. The van der Waals surface area contributed by atoms with Gasteiger partial charge in [-0.3, -0.25) is 0 Å². The normalized spacial score (nSPS) is 17.4. The molecule has 2 aromatic carbocycles. The maximum atomic E-state index is 13.2. The smallest absolute Gasteiger partial charge is 0.410 e. The van der Waals surface area contributed by atoms with Crippen molar-refractivity contribution < 1.29 is 22.4 Å². The molecule has 0 N–H and O–H groups in total. The highest BCUT2D eigenvalue weighted by Gasteiger charge is 2.39. The summed E-state index contributed by atoms with van der Waals surface area (Å²) >= 11 is 0. The number of rotatable bonds is 5. The Morgan fingerprint density at radius 2 is 1.43 bits per heavy atom. The van der Waals surface area contributed by atoms with Gasteiger partial charge < -0.3 is 14.1 Å². The lowest BCUT2D eigenvalue weighted by molar-refractivity contribution is 0.0292. The summed E-state index contributed by atoms with van der Waals surface area (Å²) in [5, 5.41) is 0.0583. The Morgan fingerprint density at radius 3 is 1.91 bits per heavy atom. The monoisotopic (exact) mass is 517 g/mol. The first-order valence-corrected chi connectivity index (χ1v) is 16.5. The molecule has 0 aliphatic carbocycles. The van der Waals surface area contributed by atoms with Gasteiger partial charge in [0, 0.05) is 19.0 Å². The second-order valence-electron chi connectivity index (χ2n) is 11.8. The van der Waals surface area contributed by atoms with Gasteiger partial charge >= 0.3 is 6.09 Å². The summed E-state index contributed by atoms with van der Waals surface area (Å²) in [5.41, 5.74) is 0.494. The molecule has 0 saturated carbocycles. The average Bonchev–Trinajstić information content (AvgIpc) is 3.22. The number of amides is 1. The van der Waals surface area contributed by atoms with Crippen LogP contribution >= 0.6 is 0 Å². The topological polar surface area (TPSA) is 72.9 Å². The van der Waals surface area contributed by atoms with E-state index in [4.69, 9.17) is 9.16 Å². The van der Waals surface area contributed by atoms with Gasteiger partial charge in [0.05, 0.1) is 9.79 Å². The molecule has 0 bridgehead atoms. The van der Waals surface area contributed by atoms with Crippen LogP contribution < -0.4 is 4.43 Å². The van der Waals surface area contributed by atoms with Gasteiger partial charge in [0.2, 0.25) is 18.2 Å². The van der Waals surface area contributed by atoms with E-state index in [1.165, 1.54) is 0 Å². The van der Waals surface area contributed by atoms with E-state index in [-0.39, 0.29) is 26.8 Å². The van der Waals surface area contributed by atoms with E-state index < -0.39 is 23.8 Å². The van der Waals surface area contributed by atoms with E-state index >= 15 is 0 Å². The van der Waals surface area contributed by atoms with E-state index in [1.807, 2.05) is 32.9 Å². The van der Waals surface area contributed by atoms with Crippen LogP contribution in [-0.2, 0) is 14.6 Å². The van der Waals surface area contributed by atoms with Crippen LogP contribution in [0.1, 0.15) is 59.4 Å². The van der Waals surface area contributed by atoms with Crippen molar-refractivity contribution in [3.63, 3.8) is 0 Å². The number of hydrogen-bond donors (Lipinski definition) is 0. The van der Waals surface area contributed by atoms with Crippen molar-refractivity contribution in [3.05, 3.63) is 54.1 Å². The molecule has 6 nitrogen and oxygen atoms in total. The number of ether oxygens (including phenoxy) is 1. The van der Waals surface area contributed by atoms with Crippen LogP contribution in [0.4, 0.5) is 4.79 Å². The van der Waals surface area contributed by atoms with Crippen LogP contribution in [0.2, 0.25) is 18.1 Å². The zero-order valence-electron chi connectivity index (χ0n) is 22.2. The van der Waals surface area contributed by atoms with Gasteiger partial charge in [-0.2, -0.15) is 0 Å². The number of nitrogens with zero attached hydrogens (tertiary/aromatic N) is 1. The maximum absolute atomic E-state index is 13.2. The highest BCUT2D eigenvalue weighted by Crippen LogP contribution is 2.37. The molecule has 0 spiro atoms. The van der Waals surface area contributed by atoms with E-state index in [1.54, 1.807) is 41.3 Å². The number of carbonyl (C=O) groups excluding carboxylic acids is 1. The van der Waals surface area contributed by atoms with Crippen LogP contribution in [-0.4, -0.2) is 46.4 Å². The van der Waals surface area contributed by atoms with Crippen molar-refractivity contribution in [1.29, 1.82) is 0 Å². The predicted molar refractivity (Wildman–Crippen MR) is 141 cm³/mol. The lowest BCUT2D eigenvalue weighted by Crippen LogP contribution is -2.43. The molecule has 1 heterocycles. The third-order valence-electron chi connectivity index (χ3n) is 6.81.